The molecule has 1 atom stereocenters. The summed E-state index contributed by atoms with van der Waals surface area (Å²) in [7, 11) is 0. The molecule has 0 radical (unpaired) electrons. The summed E-state index contributed by atoms with van der Waals surface area (Å²) in [5, 5.41) is 6.08. The molecule has 2 fully saturated rings. The van der Waals surface area contributed by atoms with Crippen LogP contribution in [0.15, 0.2) is 16.5 Å². The fourth-order valence-corrected chi connectivity index (χ4v) is 3.86. The third kappa shape index (κ3) is 4.28. The summed E-state index contributed by atoms with van der Waals surface area (Å²) in [5.74, 6) is 1.67. The third-order valence-corrected chi connectivity index (χ3v) is 5.24. The molecule has 3 rings (SSSR count). The molecule has 23 heavy (non-hydrogen) atoms. The van der Waals surface area contributed by atoms with Crippen LogP contribution in [-0.4, -0.2) is 36.1 Å². The van der Waals surface area contributed by atoms with E-state index in [1.54, 1.807) is 0 Å². The average Bonchev–Trinajstić information content (AvgIpc) is 3.19. The zero-order chi connectivity index (χ0) is 16.2. The molecular weight excluding hydrogens is 290 g/mol. The number of likely N-dealkylation sites (tertiary alicyclic amines) is 1. The number of piperidine rings is 1. The van der Waals surface area contributed by atoms with Gasteiger partial charge in [-0.3, -0.25) is 0 Å². The van der Waals surface area contributed by atoms with Crippen molar-refractivity contribution in [3.8, 4) is 0 Å². The predicted molar refractivity (Wildman–Crippen MR) is 90.4 cm³/mol. The molecule has 1 unspecified atom stereocenters. The summed E-state index contributed by atoms with van der Waals surface area (Å²) in [6.07, 6.45) is 7.60. The molecule has 1 aliphatic carbocycles. The lowest BCUT2D eigenvalue weighted by Gasteiger charge is -2.36. The lowest BCUT2D eigenvalue weighted by Crippen LogP contribution is -2.49. The van der Waals surface area contributed by atoms with Crippen LogP contribution in [0.4, 0.5) is 4.79 Å². The highest BCUT2D eigenvalue weighted by molar-refractivity contribution is 5.74. The molecule has 0 aromatic carbocycles. The quantitative estimate of drug-likeness (QED) is 0.895. The molecule has 128 valence electrons. The molecule has 1 aromatic rings. The van der Waals surface area contributed by atoms with Crippen molar-refractivity contribution in [2.75, 3.05) is 13.1 Å². The smallest absolute Gasteiger partial charge is 0.315 e. The first-order chi connectivity index (χ1) is 11.1. The molecule has 1 aliphatic heterocycles. The number of urea groups is 1. The van der Waals surface area contributed by atoms with Crippen LogP contribution in [-0.2, 0) is 0 Å². The van der Waals surface area contributed by atoms with E-state index in [1.807, 2.05) is 26.0 Å². The van der Waals surface area contributed by atoms with E-state index in [-0.39, 0.29) is 18.1 Å². The minimum absolute atomic E-state index is 0.0918. The molecule has 0 spiro atoms. The summed E-state index contributed by atoms with van der Waals surface area (Å²) < 4.78 is 5.56. The van der Waals surface area contributed by atoms with Crippen molar-refractivity contribution < 1.29 is 9.21 Å². The first kappa shape index (κ1) is 16.4. The monoisotopic (exact) mass is 319 g/mol. The molecule has 0 bridgehead atoms. The van der Waals surface area contributed by atoms with Crippen LogP contribution in [0.5, 0.6) is 0 Å². The van der Waals surface area contributed by atoms with Gasteiger partial charge in [-0.25, -0.2) is 4.79 Å². The van der Waals surface area contributed by atoms with Crippen LogP contribution < -0.4 is 10.6 Å². The zero-order valence-corrected chi connectivity index (χ0v) is 14.3. The number of nitrogens with one attached hydrogen (secondary N) is 2. The van der Waals surface area contributed by atoms with Gasteiger partial charge in [0, 0.05) is 25.2 Å². The van der Waals surface area contributed by atoms with E-state index in [1.165, 1.54) is 25.7 Å². The first-order valence-electron chi connectivity index (χ1n) is 8.99. The van der Waals surface area contributed by atoms with E-state index < -0.39 is 0 Å². The molecule has 5 heteroatoms. The van der Waals surface area contributed by atoms with Crippen molar-refractivity contribution >= 4 is 6.03 Å². The van der Waals surface area contributed by atoms with Crippen LogP contribution in [0.3, 0.4) is 0 Å². The highest BCUT2D eigenvalue weighted by atomic mass is 16.3. The molecular formula is C18H29N3O2. The highest BCUT2D eigenvalue weighted by Crippen LogP contribution is 2.26. The number of furan rings is 1. The number of rotatable bonds is 4. The predicted octanol–water partition coefficient (Wildman–Crippen LogP) is 3.36. The van der Waals surface area contributed by atoms with Crippen molar-refractivity contribution in [1.82, 2.24) is 15.5 Å². The van der Waals surface area contributed by atoms with Gasteiger partial charge in [0.2, 0.25) is 0 Å². The van der Waals surface area contributed by atoms with Gasteiger partial charge in [0.1, 0.15) is 11.5 Å². The summed E-state index contributed by atoms with van der Waals surface area (Å²) >= 11 is 0. The lowest BCUT2D eigenvalue weighted by molar-refractivity contribution is 0.145. The van der Waals surface area contributed by atoms with E-state index in [0.717, 1.165) is 43.5 Å². The van der Waals surface area contributed by atoms with Gasteiger partial charge in [0.15, 0.2) is 0 Å². The van der Waals surface area contributed by atoms with Crippen molar-refractivity contribution in [2.45, 2.75) is 70.5 Å². The molecule has 2 amide bonds. The number of hydrogen-bond donors (Lipinski definition) is 2. The maximum atomic E-state index is 12.2. The lowest BCUT2D eigenvalue weighted by atomic mass is 10.0. The second-order valence-electron chi connectivity index (χ2n) is 7.04. The summed E-state index contributed by atoms with van der Waals surface area (Å²) in [4.78, 5) is 14.8. The summed E-state index contributed by atoms with van der Waals surface area (Å²) in [5.41, 5.74) is 0. The van der Waals surface area contributed by atoms with E-state index in [0.29, 0.717) is 0 Å². The van der Waals surface area contributed by atoms with Gasteiger partial charge in [0.25, 0.3) is 0 Å². The minimum Gasteiger partial charge on any atom is -0.464 e. The maximum absolute atomic E-state index is 12.2. The number of hydrogen-bond acceptors (Lipinski definition) is 3. The van der Waals surface area contributed by atoms with E-state index in [9.17, 15) is 4.79 Å². The SMILES string of the molecule is Cc1ccc(C(C)NC(=O)NC2CCN(C3CCCC3)CC2)o1. The minimum atomic E-state index is -0.109. The number of carbonyl (C=O) groups is 1. The van der Waals surface area contributed by atoms with Gasteiger partial charge in [-0.1, -0.05) is 12.8 Å². The Kier molecular flexibility index (Phi) is 5.26. The van der Waals surface area contributed by atoms with Gasteiger partial charge in [0.05, 0.1) is 6.04 Å². The van der Waals surface area contributed by atoms with Gasteiger partial charge in [-0.15, -0.1) is 0 Å². The Labute approximate surface area is 138 Å². The Morgan fingerprint density at radius 3 is 2.52 bits per heavy atom. The molecule has 1 aromatic heterocycles. The Balaban J connectivity index is 1.40. The van der Waals surface area contributed by atoms with E-state index in [4.69, 9.17) is 4.42 Å². The second-order valence-corrected chi connectivity index (χ2v) is 7.04. The highest BCUT2D eigenvalue weighted by Gasteiger charge is 2.27. The van der Waals surface area contributed by atoms with Crippen LogP contribution in [0.2, 0.25) is 0 Å². The fraction of sp³-hybridized carbons (Fsp3) is 0.722. The summed E-state index contributed by atoms with van der Waals surface area (Å²) in [6.45, 7) is 6.08. The zero-order valence-electron chi connectivity index (χ0n) is 14.3. The average molecular weight is 319 g/mol. The maximum Gasteiger partial charge on any atom is 0.315 e. The van der Waals surface area contributed by atoms with Crippen molar-refractivity contribution in [1.29, 1.82) is 0 Å². The Hall–Kier alpha value is -1.49. The van der Waals surface area contributed by atoms with Crippen molar-refractivity contribution in [3.63, 3.8) is 0 Å². The topological polar surface area (TPSA) is 57.5 Å². The normalized spacial score (nSPS) is 22.2. The number of amides is 2. The van der Waals surface area contributed by atoms with Gasteiger partial charge < -0.3 is 20.0 Å². The number of carbonyl (C=O) groups excluding carboxylic acids is 1. The van der Waals surface area contributed by atoms with Gasteiger partial charge in [-0.2, -0.15) is 0 Å². The van der Waals surface area contributed by atoms with E-state index >= 15 is 0 Å². The fourth-order valence-electron chi connectivity index (χ4n) is 3.86. The molecule has 2 heterocycles. The molecule has 1 saturated carbocycles. The number of aryl methyl sites for hydroxylation is 1. The standard InChI is InChI=1S/C18H29N3O2/c1-13-7-8-17(23-13)14(2)19-18(22)20-15-9-11-21(12-10-15)16-5-3-4-6-16/h7-8,14-16H,3-6,9-12H2,1-2H3,(H2,19,20,22). The number of nitrogens with zero attached hydrogens (tertiary/aromatic N) is 1. The largest absolute Gasteiger partial charge is 0.464 e. The Bertz CT molecular complexity index is 514. The van der Waals surface area contributed by atoms with Crippen LogP contribution in [0.25, 0.3) is 0 Å². The Morgan fingerprint density at radius 1 is 1.22 bits per heavy atom. The van der Waals surface area contributed by atoms with Crippen LogP contribution in [0, 0.1) is 6.92 Å². The van der Waals surface area contributed by atoms with E-state index in [2.05, 4.69) is 15.5 Å². The van der Waals surface area contributed by atoms with Crippen LogP contribution >= 0.6 is 0 Å². The third-order valence-electron chi connectivity index (χ3n) is 5.24. The first-order valence-corrected chi connectivity index (χ1v) is 8.99. The molecule has 5 nitrogen and oxygen atoms in total. The van der Waals surface area contributed by atoms with Crippen molar-refractivity contribution in [2.24, 2.45) is 0 Å². The Morgan fingerprint density at radius 2 is 1.91 bits per heavy atom. The van der Waals surface area contributed by atoms with Crippen molar-refractivity contribution in [3.05, 3.63) is 23.7 Å². The van der Waals surface area contributed by atoms with Gasteiger partial charge >= 0.3 is 6.03 Å². The van der Waals surface area contributed by atoms with Gasteiger partial charge in [-0.05, 0) is 51.7 Å². The summed E-state index contributed by atoms with van der Waals surface area (Å²) in [6, 6.07) is 4.73. The molecule has 2 N–H and O–H groups in total. The molecule has 1 saturated heterocycles. The second kappa shape index (κ2) is 7.39. The van der Waals surface area contributed by atoms with Crippen LogP contribution in [0.1, 0.15) is 63.0 Å². The molecule has 2 aliphatic rings.